The van der Waals surface area contributed by atoms with Crippen molar-refractivity contribution in [1.82, 2.24) is 15.3 Å². The highest BCUT2D eigenvalue weighted by Gasteiger charge is 2.21. The summed E-state index contributed by atoms with van der Waals surface area (Å²) in [6.07, 6.45) is 0.367. The van der Waals surface area contributed by atoms with E-state index in [1.807, 2.05) is 30.3 Å². The molecule has 1 aliphatic rings. The molecule has 0 aliphatic carbocycles. The van der Waals surface area contributed by atoms with Crippen LogP contribution in [0.5, 0.6) is 11.6 Å². The van der Waals surface area contributed by atoms with Gasteiger partial charge < -0.3 is 15.0 Å². The van der Waals surface area contributed by atoms with E-state index in [2.05, 4.69) is 15.3 Å². The molecule has 0 unspecified atom stereocenters. The topological polar surface area (TPSA) is 87.0 Å². The van der Waals surface area contributed by atoms with Crippen LogP contribution in [0.25, 0.3) is 0 Å². The average molecular weight is 365 g/mol. The van der Waals surface area contributed by atoms with Crippen LogP contribution < -0.4 is 15.6 Å². The van der Waals surface area contributed by atoms with Gasteiger partial charge in [-0.15, -0.1) is 0 Å². The lowest BCUT2D eigenvalue weighted by atomic mass is 10.0. The average Bonchev–Trinajstić information content (AvgIpc) is 2.65. The quantitative estimate of drug-likeness (QED) is 0.487. The maximum atomic E-state index is 12.4. The number of ether oxygens (including phenoxy) is 1. The molecule has 6 nitrogen and oxygen atoms in total. The second-order valence-corrected chi connectivity index (χ2v) is 6.39. The summed E-state index contributed by atoms with van der Waals surface area (Å²) in [4.78, 5) is 29.9. The van der Waals surface area contributed by atoms with Gasteiger partial charge in [-0.25, -0.2) is 0 Å². The van der Waals surface area contributed by atoms with Crippen LogP contribution in [0.15, 0.2) is 53.3 Å². The van der Waals surface area contributed by atoms with Crippen LogP contribution in [0.1, 0.15) is 27.0 Å². The van der Waals surface area contributed by atoms with Crippen molar-refractivity contribution in [2.75, 3.05) is 0 Å². The predicted molar refractivity (Wildman–Crippen MR) is 99.2 cm³/mol. The van der Waals surface area contributed by atoms with Gasteiger partial charge in [0.05, 0.1) is 5.56 Å². The number of fused-ring (bicyclic) bond motifs is 2. The number of amides is 1. The Labute approximate surface area is 153 Å². The fraction of sp³-hybridized carbons (Fsp3) is 0.105. The normalized spacial score (nSPS) is 11.8. The molecule has 0 saturated heterocycles. The minimum atomic E-state index is -0.284. The molecule has 1 aromatic heterocycles. The first-order chi connectivity index (χ1) is 12.6. The van der Waals surface area contributed by atoms with E-state index in [4.69, 9.17) is 17.0 Å². The Hall–Kier alpha value is -3.19. The van der Waals surface area contributed by atoms with E-state index in [1.54, 1.807) is 18.2 Å². The third kappa shape index (κ3) is 3.16. The molecule has 26 heavy (non-hydrogen) atoms. The zero-order valence-corrected chi connectivity index (χ0v) is 14.5. The number of hydrogen-bond donors (Lipinski definition) is 3. The van der Waals surface area contributed by atoms with Crippen molar-refractivity contribution in [2.45, 2.75) is 13.0 Å². The van der Waals surface area contributed by atoms with Gasteiger partial charge in [0.25, 0.3) is 11.5 Å². The zero-order valence-electron chi connectivity index (χ0n) is 13.7. The minimum Gasteiger partial charge on any atom is -0.440 e. The highest BCUT2D eigenvalue weighted by atomic mass is 32.1. The summed E-state index contributed by atoms with van der Waals surface area (Å²) in [5, 5.41) is 2.89. The molecule has 7 heteroatoms. The van der Waals surface area contributed by atoms with Gasteiger partial charge in [-0.05, 0) is 36.0 Å². The summed E-state index contributed by atoms with van der Waals surface area (Å²) in [6, 6.07) is 14.9. The number of hydrogen-bond acceptors (Lipinski definition) is 4. The molecule has 0 spiro atoms. The third-order valence-corrected chi connectivity index (χ3v) is 4.40. The van der Waals surface area contributed by atoms with Gasteiger partial charge in [0.15, 0.2) is 4.77 Å². The van der Waals surface area contributed by atoms with E-state index in [1.165, 1.54) is 0 Å². The van der Waals surface area contributed by atoms with Crippen molar-refractivity contribution in [3.63, 3.8) is 0 Å². The lowest BCUT2D eigenvalue weighted by molar-refractivity contribution is 0.0951. The van der Waals surface area contributed by atoms with Gasteiger partial charge >= 0.3 is 0 Å². The van der Waals surface area contributed by atoms with Crippen LogP contribution in [-0.4, -0.2) is 15.9 Å². The van der Waals surface area contributed by atoms with E-state index in [0.717, 1.165) is 11.1 Å². The van der Waals surface area contributed by atoms with Crippen LogP contribution in [0.4, 0.5) is 0 Å². The Morgan fingerprint density at radius 3 is 2.77 bits per heavy atom. The first-order valence-electron chi connectivity index (χ1n) is 8.08. The number of benzene rings is 2. The van der Waals surface area contributed by atoms with Crippen molar-refractivity contribution < 1.29 is 9.53 Å². The highest BCUT2D eigenvalue weighted by molar-refractivity contribution is 7.71. The Balaban J connectivity index is 1.56. The van der Waals surface area contributed by atoms with Crippen molar-refractivity contribution in [2.24, 2.45) is 0 Å². The lowest BCUT2D eigenvalue weighted by Gasteiger charge is -2.19. The van der Waals surface area contributed by atoms with Crippen LogP contribution >= 0.6 is 12.2 Å². The Morgan fingerprint density at radius 2 is 1.96 bits per heavy atom. The van der Waals surface area contributed by atoms with Crippen LogP contribution in [0.3, 0.4) is 0 Å². The summed E-state index contributed by atoms with van der Waals surface area (Å²) < 4.78 is 5.95. The maximum absolute atomic E-state index is 12.4. The smallest absolute Gasteiger partial charge is 0.259 e. The Bertz CT molecular complexity index is 1100. The molecular weight excluding hydrogens is 350 g/mol. The second kappa shape index (κ2) is 6.61. The molecule has 0 saturated carbocycles. The van der Waals surface area contributed by atoms with Crippen LogP contribution in [0, 0.1) is 4.77 Å². The lowest BCUT2D eigenvalue weighted by Crippen LogP contribution is -2.23. The summed E-state index contributed by atoms with van der Waals surface area (Å²) >= 11 is 4.96. The molecule has 1 aliphatic heterocycles. The van der Waals surface area contributed by atoms with Crippen molar-refractivity contribution in [3.8, 4) is 11.6 Å². The van der Waals surface area contributed by atoms with Gasteiger partial charge in [-0.1, -0.05) is 30.3 Å². The van der Waals surface area contributed by atoms with Crippen LogP contribution in [0.2, 0.25) is 0 Å². The van der Waals surface area contributed by atoms with Crippen LogP contribution in [-0.2, 0) is 13.0 Å². The van der Waals surface area contributed by atoms with Crippen molar-refractivity contribution in [3.05, 3.63) is 85.9 Å². The Kier molecular flexibility index (Phi) is 4.14. The van der Waals surface area contributed by atoms with E-state index in [9.17, 15) is 9.59 Å². The van der Waals surface area contributed by atoms with Crippen molar-refractivity contribution >= 4 is 18.1 Å². The number of carbonyl (C=O) groups excluding carboxylic acids is 1. The van der Waals surface area contributed by atoms with Gasteiger partial charge in [-0.3, -0.25) is 14.6 Å². The number of nitrogens with one attached hydrogen (secondary N) is 3. The SMILES string of the molecule is O=C(NCc1ccccc1)c1ccc2c(c1)Cc1c([nH]c(=S)[nH]c1=O)O2. The minimum absolute atomic E-state index is 0.177. The number of aromatic nitrogens is 2. The molecular formula is C19H15N3O3S. The second-order valence-electron chi connectivity index (χ2n) is 5.99. The molecule has 2 aromatic carbocycles. The largest absolute Gasteiger partial charge is 0.440 e. The first-order valence-corrected chi connectivity index (χ1v) is 8.49. The summed E-state index contributed by atoms with van der Waals surface area (Å²) in [6.45, 7) is 0.451. The van der Waals surface area contributed by atoms with Crippen molar-refractivity contribution in [1.29, 1.82) is 0 Å². The summed E-state index contributed by atoms with van der Waals surface area (Å²) in [7, 11) is 0. The molecule has 4 rings (SSSR count). The number of carbonyl (C=O) groups is 1. The summed E-state index contributed by atoms with van der Waals surface area (Å²) in [5.41, 5.74) is 2.51. The monoisotopic (exact) mass is 365 g/mol. The molecule has 1 amide bonds. The van der Waals surface area contributed by atoms with E-state index < -0.39 is 0 Å². The van der Waals surface area contributed by atoms with Gasteiger partial charge in [-0.2, -0.15) is 0 Å². The molecule has 130 valence electrons. The fourth-order valence-electron chi connectivity index (χ4n) is 2.88. The summed E-state index contributed by atoms with van der Waals surface area (Å²) in [5.74, 6) is 0.782. The molecule has 3 N–H and O–H groups in total. The first kappa shape index (κ1) is 16.3. The number of aromatic amines is 2. The Morgan fingerprint density at radius 1 is 1.15 bits per heavy atom. The zero-order chi connectivity index (χ0) is 18.1. The van der Waals surface area contributed by atoms with E-state index >= 15 is 0 Å². The third-order valence-electron chi connectivity index (χ3n) is 4.20. The molecule has 0 radical (unpaired) electrons. The van der Waals surface area contributed by atoms with Gasteiger partial charge in [0, 0.05) is 24.1 Å². The standard InChI is InChI=1S/C19H15N3O3S/c23-16(20-10-11-4-2-1-3-5-11)12-6-7-15-13(8-12)9-14-17(24)21-19(26)22-18(14)25-15/h1-8H,9-10H2,(H,20,23)(H2,21,22,24,26). The highest BCUT2D eigenvalue weighted by Crippen LogP contribution is 2.33. The fourth-order valence-corrected chi connectivity index (χ4v) is 3.06. The number of H-pyrrole nitrogens is 2. The maximum Gasteiger partial charge on any atom is 0.259 e. The predicted octanol–water partition coefficient (Wildman–Crippen LogP) is 3.06. The number of rotatable bonds is 3. The van der Waals surface area contributed by atoms with E-state index in [-0.39, 0.29) is 16.2 Å². The van der Waals surface area contributed by atoms with Gasteiger partial charge in [0.2, 0.25) is 5.88 Å². The molecule has 3 aromatic rings. The van der Waals surface area contributed by atoms with E-state index in [0.29, 0.717) is 35.7 Å². The van der Waals surface area contributed by atoms with Gasteiger partial charge in [0.1, 0.15) is 5.75 Å². The molecule has 0 bridgehead atoms. The molecule has 0 atom stereocenters. The molecule has 2 heterocycles. The molecule has 0 fully saturated rings.